The molecule has 3 rings (SSSR count). The van der Waals surface area contributed by atoms with Crippen LogP contribution in [0.2, 0.25) is 0 Å². The minimum absolute atomic E-state index is 0.0409. The average molecular weight is 456 g/mol. The molecule has 0 aliphatic rings. The first kappa shape index (κ1) is 22.4. The molecular formula is C20H16N4O7S. The van der Waals surface area contributed by atoms with Gasteiger partial charge < -0.3 is 10.1 Å². The molecule has 0 unspecified atom stereocenters. The summed E-state index contributed by atoms with van der Waals surface area (Å²) >= 11 is 0. The van der Waals surface area contributed by atoms with Gasteiger partial charge >= 0.3 is 6.09 Å². The van der Waals surface area contributed by atoms with Crippen molar-refractivity contribution in [1.82, 2.24) is 10.3 Å². The lowest BCUT2D eigenvalue weighted by molar-refractivity contribution is -0.384. The van der Waals surface area contributed by atoms with Gasteiger partial charge in [-0.25, -0.2) is 13.2 Å². The third-order valence-electron chi connectivity index (χ3n) is 4.17. The van der Waals surface area contributed by atoms with Crippen LogP contribution in [0.3, 0.4) is 0 Å². The van der Waals surface area contributed by atoms with Crippen molar-refractivity contribution in [1.29, 1.82) is 0 Å². The van der Waals surface area contributed by atoms with Crippen molar-refractivity contribution in [2.24, 2.45) is 0 Å². The van der Waals surface area contributed by atoms with Crippen LogP contribution in [0.25, 0.3) is 0 Å². The first-order valence-electron chi connectivity index (χ1n) is 8.97. The summed E-state index contributed by atoms with van der Waals surface area (Å²) in [5.41, 5.74) is 0.0729. The zero-order valence-electron chi connectivity index (χ0n) is 16.5. The highest BCUT2D eigenvalue weighted by atomic mass is 32.2. The summed E-state index contributed by atoms with van der Waals surface area (Å²) in [5, 5.41) is 15.4. The molecule has 0 radical (unpaired) electrons. The van der Waals surface area contributed by atoms with Gasteiger partial charge in [-0.15, -0.1) is 0 Å². The molecule has 2 aromatic carbocycles. The molecule has 0 saturated carbocycles. The maximum absolute atomic E-state index is 12.8. The Morgan fingerprint density at radius 3 is 2.25 bits per heavy atom. The average Bonchev–Trinajstić information content (AvgIpc) is 2.79. The van der Waals surface area contributed by atoms with E-state index in [0.717, 1.165) is 0 Å². The Balaban J connectivity index is 1.71. The van der Waals surface area contributed by atoms with Crippen LogP contribution in [0.5, 0.6) is 5.75 Å². The predicted octanol–water partition coefficient (Wildman–Crippen LogP) is 2.79. The van der Waals surface area contributed by atoms with Crippen LogP contribution in [0.4, 0.5) is 16.2 Å². The Bertz CT molecular complexity index is 1270. The first-order chi connectivity index (χ1) is 15.2. The number of nitro benzene ring substituents is 1. The summed E-state index contributed by atoms with van der Waals surface area (Å²) in [7, 11) is -2.52. The molecule has 11 nitrogen and oxygen atoms in total. The van der Waals surface area contributed by atoms with Gasteiger partial charge in [-0.1, -0.05) is 0 Å². The Morgan fingerprint density at radius 2 is 1.66 bits per heavy atom. The van der Waals surface area contributed by atoms with Crippen LogP contribution >= 0.6 is 0 Å². The van der Waals surface area contributed by atoms with E-state index in [1.807, 2.05) is 0 Å². The maximum Gasteiger partial charge on any atom is 0.417 e. The Morgan fingerprint density at radius 1 is 1.00 bits per heavy atom. The van der Waals surface area contributed by atoms with Gasteiger partial charge in [0, 0.05) is 31.1 Å². The molecule has 164 valence electrons. The van der Waals surface area contributed by atoms with Gasteiger partial charge in [-0.3, -0.25) is 25.2 Å². The fourth-order valence-corrected chi connectivity index (χ4v) is 3.84. The Hall–Kier alpha value is -4.32. The van der Waals surface area contributed by atoms with Crippen molar-refractivity contribution in [3.05, 3.63) is 82.7 Å². The van der Waals surface area contributed by atoms with E-state index in [2.05, 4.69) is 15.6 Å². The number of benzene rings is 2. The highest BCUT2D eigenvalue weighted by Gasteiger charge is 2.20. The second-order valence-electron chi connectivity index (χ2n) is 6.25. The molecule has 32 heavy (non-hydrogen) atoms. The van der Waals surface area contributed by atoms with E-state index in [-0.39, 0.29) is 32.6 Å². The monoisotopic (exact) mass is 456 g/mol. The quantitative estimate of drug-likeness (QED) is 0.423. The van der Waals surface area contributed by atoms with Crippen LogP contribution < -0.4 is 15.4 Å². The third-order valence-corrected chi connectivity index (χ3v) is 5.94. The van der Waals surface area contributed by atoms with Gasteiger partial charge in [-0.05, 0) is 48.5 Å². The zero-order valence-corrected chi connectivity index (χ0v) is 17.3. The van der Waals surface area contributed by atoms with E-state index in [1.165, 1.54) is 73.9 Å². The van der Waals surface area contributed by atoms with Crippen molar-refractivity contribution >= 4 is 33.2 Å². The van der Waals surface area contributed by atoms with E-state index in [4.69, 9.17) is 4.74 Å². The number of nitrogens with zero attached hydrogens (tertiary/aromatic N) is 2. The van der Waals surface area contributed by atoms with E-state index >= 15 is 0 Å². The summed E-state index contributed by atoms with van der Waals surface area (Å²) in [6.07, 6.45) is 0.362. The molecule has 1 heterocycles. The summed E-state index contributed by atoms with van der Waals surface area (Å²) in [5.74, 6) is -0.426. The van der Waals surface area contributed by atoms with E-state index in [0.29, 0.717) is 0 Å². The number of ether oxygens (including phenoxy) is 1. The number of non-ortho nitro benzene ring substituents is 1. The molecule has 0 atom stereocenters. The number of amides is 2. The van der Waals surface area contributed by atoms with Crippen LogP contribution in [-0.2, 0) is 9.84 Å². The summed E-state index contributed by atoms with van der Waals surface area (Å²) in [6.45, 7) is 0. The van der Waals surface area contributed by atoms with Gasteiger partial charge in [0.15, 0.2) is 0 Å². The Labute approximate surface area is 182 Å². The van der Waals surface area contributed by atoms with Gasteiger partial charge in [0.1, 0.15) is 11.4 Å². The maximum atomic E-state index is 12.8. The molecule has 0 aliphatic heterocycles. The first-order valence-corrected chi connectivity index (χ1v) is 10.5. The minimum atomic E-state index is -3.93. The fraction of sp³-hybridized carbons (Fsp3) is 0.0500. The summed E-state index contributed by atoms with van der Waals surface area (Å²) in [6, 6.07) is 12.7. The van der Waals surface area contributed by atoms with Gasteiger partial charge in [0.05, 0.1) is 14.7 Å². The lowest BCUT2D eigenvalue weighted by atomic mass is 10.3. The number of aromatic nitrogens is 1. The van der Waals surface area contributed by atoms with Crippen molar-refractivity contribution in [2.45, 2.75) is 9.79 Å². The number of carbonyl (C=O) groups is 2. The highest BCUT2D eigenvalue weighted by molar-refractivity contribution is 7.91. The smallest absolute Gasteiger partial charge is 0.410 e. The summed E-state index contributed by atoms with van der Waals surface area (Å²) in [4.78, 5) is 37.5. The Kier molecular flexibility index (Phi) is 6.45. The number of anilines is 1. The highest BCUT2D eigenvalue weighted by Crippen LogP contribution is 2.23. The molecule has 2 amide bonds. The van der Waals surface area contributed by atoms with E-state index in [1.54, 1.807) is 0 Å². The number of rotatable bonds is 6. The second kappa shape index (κ2) is 9.22. The molecule has 0 spiro atoms. The number of nitrogens with one attached hydrogen (secondary N) is 2. The molecule has 0 bridgehead atoms. The number of sulfone groups is 1. The van der Waals surface area contributed by atoms with Crippen LogP contribution in [0.15, 0.2) is 76.7 Å². The number of carbonyl (C=O) groups excluding carboxylic acids is 2. The lowest BCUT2D eigenvalue weighted by Crippen LogP contribution is -2.19. The molecule has 0 aliphatic carbocycles. The molecule has 12 heteroatoms. The third kappa shape index (κ3) is 5.05. The number of nitro groups is 1. The van der Waals surface area contributed by atoms with E-state index in [9.17, 15) is 28.1 Å². The second-order valence-corrected chi connectivity index (χ2v) is 8.20. The van der Waals surface area contributed by atoms with Crippen LogP contribution in [0.1, 0.15) is 10.5 Å². The molecule has 1 aromatic heterocycles. The van der Waals surface area contributed by atoms with Crippen molar-refractivity contribution in [3.8, 4) is 5.75 Å². The fourth-order valence-electron chi connectivity index (χ4n) is 2.57. The molecule has 0 saturated heterocycles. The predicted molar refractivity (Wildman–Crippen MR) is 112 cm³/mol. The van der Waals surface area contributed by atoms with Gasteiger partial charge in [0.2, 0.25) is 9.84 Å². The molecular weight excluding hydrogens is 440 g/mol. The van der Waals surface area contributed by atoms with Crippen LogP contribution in [0, 0.1) is 10.1 Å². The van der Waals surface area contributed by atoms with Gasteiger partial charge in [-0.2, -0.15) is 0 Å². The topological polar surface area (TPSA) is 158 Å². The molecule has 2 N–H and O–H groups in total. The lowest BCUT2D eigenvalue weighted by Gasteiger charge is -2.09. The van der Waals surface area contributed by atoms with Crippen molar-refractivity contribution in [2.75, 3.05) is 12.4 Å². The van der Waals surface area contributed by atoms with E-state index < -0.39 is 26.8 Å². The number of pyridine rings is 1. The number of hydrogen-bond acceptors (Lipinski definition) is 8. The SMILES string of the molecule is CNC(=O)c1cc(S(=O)(=O)c2ccc(NC(=O)Oc3ccc([N+](=O)[O-])cc3)cc2)ccn1. The van der Waals surface area contributed by atoms with Gasteiger partial charge in [0.25, 0.3) is 11.6 Å². The minimum Gasteiger partial charge on any atom is -0.410 e. The zero-order chi connectivity index (χ0) is 23.3. The van der Waals surface area contributed by atoms with Crippen molar-refractivity contribution in [3.63, 3.8) is 0 Å². The standard InChI is InChI=1S/C20H16N4O7S/c1-21-19(25)18-12-17(10-11-22-18)32(29,30)16-8-2-13(3-9-16)23-20(26)31-15-6-4-14(5-7-15)24(27)28/h2-12H,1H3,(H,21,25)(H,23,26). The normalized spacial score (nSPS) is 10.8. The largest absolute Gasteiger partial charge is 0.417 e. The molecule has 3 aromatic rings. The van der Waals surface area contributed by atoms with Crippen LogP contribution in [-0.4, -0.2) is 37.4 Å². The molecule has 0 fully saturated rings. The number of hydrogen-bond donors (Lipinski definition) is 2. The summed E-state index contributed by atoms with van der Waals surface area (Å²) < 4.78 is 30.7. The van der Waals surface area contributed by atoms with Crippen molar-refractivity contribution < 1.29 is 27.7 Å².